The Morgan fingerprint density at radius 3 is 2.77 bits per heavy atom. The quantitative estimate of drug-likeness (QED) is 0.492. The first-order valence-corrected chi connectivity index (χ1v) is 6.43. The van der Waals surface area contributed by atoms with Gasteiger partial charge in [0.05, 0.1) is 17.7 Å². The monoisotopic (exact) mass is 300 g/mol. The lowest BCUT2D eigenvalue weighted by molar-refractivity contribution is -0.384. The molecular weight excluding hydrogens is 288 g/mol. The maximum atomic E-state index is 10.8. The van der Waals surface area contributed by atoms with Crippen molar-refractivity contribution in [3.8, 4) is 17.2 Å². The highest BCUT2D eigenvalue weighted by atomic mass is 16.7. The minimum Gasteiger partial charge on any atom is -0.496 e. The Morgan fingerprint density at radius 1 is 1.27 bits per heavy atom. The van der Waals surface area contributed by atoms with Crippen LogP contribution in [0.25, 0.3) is 0 Å². The van der Waals surface area contributed by atoms with Gasteiger partial charge in [-0.1, -0.05) is 6.07 Å². The van der Waals surface area contributed by atoms with Gasteiger partial charge in [0.25, 0.3) is 5.69 Å². The van der Waals surface area contributed by atoms with Crippen LogP contribution in [0.5, 0.6) is 17.2 Å². The first-order chi connectivity index (χ1) is 10.7. The highest BCUT2D eigenvalue weighted by Crippen LogP contribution is 2.37. The van der Waals surface area contributed by atoms with E-state index in [4.69, 9.17) is 14.2 Å². The van der Waals surface area contributed by atoms with E-state index >= 15 is 0 Å². The van der Waals surface area contributed by atoms with E-state index in [-0.39, 0.29) is 12.5 Å². The first kappa shape index (κ1) is 13.9. The summed E-state index contributed by atoms with van der Waals surface area (Å²) in [7, 11) is 1.54. The third-order valence-electron chi connectivity index (χ3n) is 3.12. The minimum atomic E-state index is -0.458. The van der Waals surface area contributed by atoms with E-state index in [0.717, 1.165) is 0 Å². The van der Waals surface area contributed by atoms with Crippen LogP contribution in [-0.4, -0.2) is 25.0 Å². The van der Waals surface area contributed by atoms with E-state index in [0.29, 0.717) is 28.5 Å². The van der Waals surface area contributed by atoms with E-state index in [9.17, 15) is 10.1 Å². The Hall–Kier alpha value is -3.09. The van der Waals surface area contributed by atoms with Crippen molar-refractivity contribution in [1.29, 1.82) is 0 Å². The number of fused-ring (bicyclic) bond motifs is 1. The summed E-state index contributed by atoms with van der Waals surface area (Å²) in [5.41, 5.74) is 1.17. The zero-order valence-corrected chi connectivity index (χ0v) is 11.7. The van der Waals surface area contributed by atoms with Crippen LogP contribution in [0.4, 0.5) is 11.4 Å². The summed E-state index contributed by atoms with van der Waals surface area (Å²) in [4.78, 5) is 14.5. The average molecular weight is 300 g/mol. The van der Waals surface area contributed by atoms with Gasteiger partial charge in [0.1, 0.15) is 5.75 Å². The molecule has 0 unspecified atom stereocenters. The molecule has 3 rings (SSSR count). The second-order valence-electron chi connectivity index (χ2n) is 4.48. The van der Waals surface area contributed by atoms with Crippen molar-refractivity contribution in [3.05, 3.63) is 52.1 Å². The Morgan fingerprint density at radius 2 is 2.05 bits per heavy atom. The van der Waals surface area contributed by atoms with E-state index in [1.54, 1.807) is 37.6 Å². The molecule has 0 aromatic heterocycles. The number of hydrogen-bond acceptors (Lipinski definition) is 6. The van der Waals surface area contributed by atoms with Gasteiger partial charge < -0.3 is 14.2 Å². The molecule has 0 amide bonds. The molecule has 0 aliphatic carbocycles. The lowest BCUT2D eigenvalue weighted by Gasteiger charge is -2.06. The van der Waals surface area contributed by atoms with Crippen LogP contribution in [0.1, 0.15) is 5.56 Å². The number of nitro benzene ring substituents is 1. The Balaban J connectivity index is 1.92. The second kappa shape index (κ2) is 5.72. The van der Waals surface area contributed by atoms with Gasteiger partial charge in [-0.2, -0.15) is 0 Å². The third-order valence-corrected chi connectivity index (χ3v) is 3.12. The Kier molecular flexibility index (Phi) is 3.61. The predicted molar refractivity (Wildman–Crippen MR) is 79.5 cm³/mol. The summed E-state index contributed by atoms with van der Waals surface area (Å²) in [6, 6.07) is 9.56. The molecule has 0 saturated carbocycles. The summed E-state index contributed by atoms with van der Waals surface area (Å²) in [5.74, 6) is 1.81. The summed E-state index contributed by atoms with van der Waals surface area (Å²) in [5, 5.41) is 10.8. The molecule has 0 spiro atoms. The number of methoxy groups -OCH3 is 1. The fraction of sp³-hybridized carbons (Fsp3) is 0.133. The van der Waals surface area contributed by atoms with Crippen molar-refractivity contribution in [2.75, 3.05) is 13.9 Å². The van der Waals surface area contributed by atoms with Gasteiger partial charge in [-0.3, -0.25) is 15.1 Å². The van der Waals surface area contributed by atoms with Gasteiger partial charge in [0.2, 0.25) is 6.79 Å². The number of benzene rings is 2. The van der Waals surface area contributed by atoms with Crippen LogP contribution in [0.15, 0.2) is 41.4 Å². The summed E-state index contributed by atoms with van der Waals surface area (Å²) < 4.78 is 15.9. The fourth-order valence-electron chi connectivity index (χ4n) is 2.05. The van der Waals surface area contributed by atoms with E-state index in [2.05, 4.69) is 4.99 Å². The van der Waals surface area contributed by atoms with Crippen molar-refractivity contribution >= 4 is 17.6 Å². The molecule has 0 bridgehead atoms. The maximum absolute atomic E-state index is 10.8. The molecular formula is C15H12N2O5. The average Bonchev–Trinajstić information content (AvgIpc) is 2.99. The highest BCUT2D eigenvalue weighted by molar-refractivity contribution is 5.87. The smallest absolute Gasteiger partial charge is 0.271 e. The SMILES string of the molecule is COc1cc2c(cc1C=Nc1cccc([N+](=O)[O-])c1)OCO2. The van der Waals surface area contributed by atoms with E-state index in [1.165, 1.54) is 12.1 Å². The lowest BCUT2D eigenvalue weighted by atomic mass is 10.2. The third kappa shape index (κ3) is 2.69. The normalized spacial score (nSPS) is 12.6. The molecule has 1 aliphatic rings. The summed E-state index contributed by atoms with van der Waals surface area (Å²) >= 11 is 0. The molecule has 7 heteroatoms. The van der Waals surface area contributed by atoms with Crippen LogP contribution in [0.3, 0.4) is 0 Å². The van der Waals surface area contributed by atoms with Crippen LogP contribution in [0, 0.1) is 10.1 Å². The standard InChI is InChI=1S/C15H12N2O5/c1-20-13-7-15-14(21-9-22-15)5-10(13)8-16-11-3-2-4-12(6-11)17(18)19/h2-8H,9H2,1H3. The predicted octanol–water partition coefficient (Wildman–Crippen LogP) is 3.08. The molecule has 0 radical (unpaired) electrons. The second-order valence-corrected chi connectivity index (χ2v) is 4.48. The number of nitro groups is 1. The molecule has 22 heavy (non-hydrogen) atoms. The van der Waals surface area contributed by atoms with Crippen molar-refractivity contribution in [2.24, 2.45) is 4.99 Å². The molecule has 1 aliphatic heterocycles. The molecule has 2 aromatic rings. The Labute approximate surface area is 125 Å². The number of aliphatic imine (C=N–C) groups is 1. The van der Waals surface area contributed by atoms with Gasteiger partial charge in [-0.15, -0.1) is 0 Å². The molecule has 112 valence electrons. The topological polar surface area (TPSA) is 83.2 Å². The van der Waals surface area contributed by atoms with Gasteiger partial charge in [-0.25, -0.2) is 0 Å². The number of nitrogens with zero attached hydrogens (tertiary/aromatic N) is 2. The van der Waals surface area contributed by atoms with Gasteiger partial charge >= 0.3 is 0 Å². The number of hydrogen-bond donors (Lipinski definition) is 0. The fourth-order valence-corrected chi connectivity index (χ4v) is 2.05. The number of rotatable bonds is 4. The number of non-ortho nitro benzene ring substituents is 1. The van der Waals surface area contributed by atoms with E-state index < -0.39 is 4.92 Å². The van der Waals surface area contributed by atoms with E-state index in [1.807, 2.05) is 0 Å². The summed E-state index contributed by atoms with van der Waals surface area (Å²) in [6.45, 7) is 0.171. The van der Waals surface area contributed by atoms with Crippen LogP contribution < -0.4 is 14.2 Å². The van der Waals surface area contributed by atoms with Crippen molar-refractivity contribution in [1.82, 2.24) is 0 Å². The van der Waals surface area contributed by atoms with Crippen LogP contribution >= 0.6 is 0 Å². The molecule has 0 saturated heterocycles. The molecule has 2 aromatic carbocycles. The molecule has 0 N–H and O–H groups in total. The Bertz CT molecular complexity index is 758. The minimum absolute atomic E-state index is 0.00713. The zero-order chi connectivity index (χ0) is 15.5. The lowest BCUT2D eigenvalue weighted by Crippen LogP contribution is -1.92. The molecule has 1 heterocycles. The van der Waals surface area contributed by atoms with Crippen molar-refractivity contribution in [2.45, 2.75) is 0 Å². The molecule has 0 atom stereocenters. The zero-order valence-electron chi connectivity index (χ0n) is 11.7. The summed E-state index contributed by atoms with van der Waals surface area (Å²) in [6.07, 6.45) is 1.57. The molecule has 0 fully saturated rings. The maximum Gasteiger partial charge on any atom is 0.271 e. The highest BCUT2D eigenvalue weighted by Gasteiger charge is 2.17. The molecule has 7 nitrogen and oxygen atoms in total. The van der Waals surface area contributed by atoms with Crippen LogP contribution in [-0.2, 0) is 0 Å². The largest absolute Gasteiger partial charge is 0.496 e. The van der Waals surface area contributed by atoms with Crippen molar-refractivity contribution in [3.63, 3.8) is 0 Å². The van der Waals surface area contributed by atoms with Crippen molar-refractivity contribution < 1.29 is 19.1 Å². The van der Waals surface area contributed by atoms with Gasteiger partial charge in [0.15, 0.2) is 11.5 Å². The first-order valence-electron chi connectivity index (χ1n) is 6.43. The van der Waals surface area contributed by atoms with Crippen LogP contribution in [0.2, 0.25) is 0 Å². The van der Waals surface area contributed by atoms with Gasteiger partial charge in [0, 0.05) is 30.0 Å². The number of ether oxygens (including phenoxy) is 3. The van der Waals surface area contributed by atoms with Gasteiger partial charge in [-0.05, 0) is 12.1 Å².